The first-order valence-corrected chi connectivity index (χ1v) is 7.23. The largest absolute Gasteiger partial charge is 0.439 e. The molecule has 1 saturated heterocycles. The van der Waals surface area contributed by atoms with Crippen molar-refractivity contribution in [2.75, 3.05) is 13.1 Å². The van der Waals surface area contributed by atoms with Crippen LogP contribution in [-0.2, 0) is 6.54 Å². The number of benzene rings is 1. The van der Waals surface area contributed by atoms with Crippen LogP contribution in [0.2, 0.25) is 0 Å². The summed E-state index contributed by atoms with van der Waals surface area (Å²) in [6, 6.07) is 6.17. The second kappa shape index (κ2) is 5.95. The van der Waals surface area contributed by atoms with Gasteiger partial charge in [0.15, 0.2) is 5.76 Å². The third-order valence-corrected chi connectivity index (χ3v) is 3.99. The Balaban J connectivity index is 1.66. The lowest BCUT2D eigenvalue weighted by atomic mass is 9.97. The van der Waals surface area contributed by atoms with Crippen LogP contribution < -0.4 is 0 Å². The van der Waals surface area contributed by atoms with Gasteiger partial charge in [0.25, 0.3) is 0 Å². The first kappa shape index (κ1) is 14.2. The van der Waals surface area contributed by atoms with Crippen molar-refractivity contribution < 1.29 is 13.9 Å². The Hall–Kier alpha value is -1.72. The van der Waals surface area contributed by atoms with Crippen LogP contribution in [0.25, 0.3) is 11.3 Å². The monoisotopic (exact) mass is 290 g/mol. The second-order valence-corrected chi connectivity index (χ2v) is 5.69. The lowest BCUT2D eigenvalue weighted by Gasteiger charge is -2.33. The number of halogens is 1. The van der Waals surface area contributed by atoms with Gasteiger partial charge in [-0.25, -0.2) is 9.37 Å². The van der Waals surface area contributed by atoms with Crippen LogP contribution in [0, 0.1) is 11.7 Å². The molecule has 1 fully saturated rings. The molecular weight excluding hydrogens is 271 g/mol. The Kier molecular flexibility index (Phi) is 4.03. The van der Waals surface area contributed by atoms with Crippen molar-refractivity contribution in [1.82, 2.24) is 9.88 Å². The van der Waals surface area contributed by atoms with Crippen LogP contribution in [0.5, 0.6) is 0 Å². The topological polar surface area (TPSA) is 49.5 Å². The molecule has 1 aliphatic rings. The van der Waals surface area contributed by atoms with E-state index in [0.29, 0.717) is 18.2 Å². The van der Waals surface area contributed by atoms with Gasteiger partial charge in [-0.3, -0.25) is 4.90 Å². The summed E-state index contributed by atoms with van der Waals surface area (Å²) < 4.78 is 18.6. The Morgan fingerprint density at radius 3 is 2.86 bits per heavy atom. The summed E-state index contributed by atoms with van der Waals surface area (Å²) in [6.07, 6.45) is 2.25. The van der Waals surface area contributed by atoms with Crippen molar-refractivity contribution >= 4 is 0 Å². The third kappa shape index (κ3) is 3.31. The van der Waals surface area contributed by atoms with Gasteiger partial charge in [-0.05, 0) is 36.6 Å². The van der Waals surface area contributed by atoms with E-state index in [9.17, 15) is 9.50 Å². The van der Waals surface area contributed by atoms with Gasteiger partial charge in [0, 0.05) is 18.7 Å². The average molecular weight is 290 g/mol. The van der Waals surface area contributed by atoms with Gasteiger partial charge in [0.05, 0.1) is 18.8 Å². The van der Waals surface area contributed by atoms with E-state index in [-0.39, 0.29) is 17.8 Å². The molecule has 3 rings (SSSR count). The molecule has 5 heteroatoms. The van der Waals surface area contributed by atoms with Crippen LogP contribution in [-0.4, -0.2) is 34.2 Å². The van der Waals surface area contributed by atoms with E-state index in [4.69, 9.17) is 4.42 Å². The van der Waals surface area contributed by atoms with Crippen LogP contribution in [0.3, 0.4) is 0 Å². The van der Waals surface area contributed by atoms with Crippen molar-refractivity contribution in [3.05, 3.63) is 42.2 Å². The third-order valence-electron chi connectivity index (χ3n) is 3.99. The van der Waals surface area contributed by atoms with Gasteiger partial charge >= 0.3 is 0 Å². The fourth-order valence-electron chi connectivity index (χ4n) is 2.69. The first-order chi connectivity index (χ1) is 10.1. The van der Waals surface area contributed by atoms with E-state index >= 15 is 0 Å². The Morgan fingerprint density at radius 1 is 1.38 bits per heavy atom. The summed E-state index contributed by atoms with van der Waals surface area (Å²) in [5, 5.41) is 9.74. The average Bonchev–Trinajstić information content (AvgIpc) is 2.92. The van der Waals surface area contributed by atoms with Crippen LogP contribution in [0.1, 0.15) is 19.2 Å². The van der Waals surface area contributed by atoms with E-state index < -0.39 is 0 Å². The van der Waals surface area contributed by atoms with E-state index in [1.807, 2.05) is 0 Å². The first-order valence-electron chi connectivity index (χ1n) is 7.23. The van der Waals surface area contributed by atoms with E-state index in [1.54, 1.807) is 18.3 Å². The standard InChI is InChI=1S/C16H19FN2O2/c1-11-9-19(7-6-14(11)20)10-16-18-8-15(21-16)12-2-4-13(17)5-3-12/h2-5,8,11,14,20H,6-7,9-10H2,1H3. The molecule has 112 valence electrons. The Labute approximate surface area is 123 Å². The van der Waals surface area contributed by atoms with Crippen molar-refractivity contribution in [3.63, 3.8) is 0 Å². The van der Waals surface area contributed by atoms with Gasteiger partial charge in [0.1, 0.15) is 5.82 Å². The van der Waals surface area contributed by atoms with Crippen LogP contribution >= 0.6 is 0 Å². The van der Waals surface area contributed by atoms with E-state index in [1.165, 1.54) is 12.1 Å². The molecule has 2 aromatic rings. The quantitative estimate of drug-likeness (QED) is 0.944. The molecule has 0 radical (unpaired) electrons. The lowest BCUT2D eigenvalue weighted by molar-refractivity contribution is 0.0290. The predicted molar refractivity (Wildman–Crippen MR) is 77.0 cm³/mol. The van der Waals surface area contributed by atoms with Gasteiger partial charge in [-0.2, -0.15) is 0 Å². The summed E-state index contributed by atoms with van der Waals surface area (Å²) in [5.41, 5.74) is 0.817. The minimum atomic E-state index is -0.264. The molecule has 1 N–H and O–H groups in total. The van der Waals surface area contributed by atoms with Crippen molar-refractivity contribution in [1.29, 1.82) is 0 Å². The number of aromatic nitrogens is 1. The van der Waals surface area contributed by atoms with Crippen LogP contribution in [0.15, 0.2) is 34.9 Å². The zero-order chi connectivity index (χ0) is 14.8. The molecule has 21 heavy (non-hydrogen) atoms. The minimum absolute atomic E-state index is 0.208. The summed E-state index contributed by atoms with van der Waals surface area (Å²) in [6.45, 7) is 4.38. The number of aliphatic hydroxyl groups is 1. The fraction of sp³-hybridized carbons (Fsp3) is 0.438. The molecule has 0 aliphatic carbocycles. The molecule has 0 spiro atoms. The summed E-state index contributed by atoms with van der Waals surface area (Å²) in [5.74, 6) is 1.30. The van der Waals surface area contributed by atoms with E-state index in [0.717, 1.165) is 25.1 Å². The van der Waals surface area contributed by atoms with Gasteiger partial charge in [-0.1, -0.05) is 6.92 Å². The smallest absolute Gasteiger partial charge is 0.209 e. The molecule has 2 atom stereocenters. The van der Waals surface area contributed by atoms with Crippen molar-refractivity contribution in [3.8, 4) is 11.3 Å². The number of nitrogens with zero attached hydrogens (tertiary/aromatic N) is 2. The summed E-state index contributed by atoms with van der Waals surface area (Å²) in [4.78, 5) is 6.52. The maximum absolute atomic E-state index is 12.9. The number of oxazole rings is 1. The lowest BCUT2D eigenvalue weighted by Crippen LogP contribution is -2.41. The fourth-order valence-corrected chi connectivity index (χ4v) is 2.69. The molecule has 4 nitrogen and oxygen atoms in total. The van der Waals surface area contributed by atoms with Gasteiger partial charge in [0.2, 0.25) is 5.89 Å². The second-order valence-electron chi connectivity index (χ2n) is 5.69. The van der Waals surface area contributed by atoms with Crippen molar-refractivity contribution in [2.45, 2.75) is 26.0 Å². The highest BCUT2D eigenvalue weighted by Gasteiger charge is 2.25. The molecule has 1 aromatic heterocycles. The number of hydrogen-bond donors (Lipinski definition) is 1. The molecule has 1 aliphatic heterocycles. The highest BCUT2D eigenvalue weighted by atomic mass is 19.1. The molecule has 0 amide bonds. The molecule has 0 saturated carbocycles. The van der Waals surface area contributed by atoms with Gasteiger partial charge in [-0.15, -0.1) is 0 Å². The summed E-state index contributed by atoms with van der Waals surface area (Å²) >= 11 is 0. The molecule has 0 bridgehead atoms. The normalized spacial score (nSPS) is 23.4. The number of likely N-dealkylation sites (tertiary alicyclic amines) is 1. The minimum Gasteiger partial charge on any atom is -0.439 e. The highest BCUT2D eigenvalue weighted by Crippen LogP contribution is 2.23. The predicted octanol–water partition coefficient (Wildman–Crippen LogP) is 2.68. The SMILES string of the molecule is CC1CN(Cc2ncc(-c3ccc(F)cc3)o2)CCC1O. The highest BCUT2D eigenvalue weighted by molar-refractivity contribution is 5.55. The zero-order valence-corrected chi connectivity index (χ0v) is 12.0. The van der Waals surface area contributed by atoms with Gasteiger partial charge < -0.3 is 9.52 Å². The maximum atomic E-state index is 12.9. The summed E-state index contributed by atoms with van der Waals surface area (Å²) in [7, 11) is 0. The van der Waals surface area contributed by atoms with Crippen molar-refractivity contribution in [2.24, 2.45) is 5.92 Å². The Morgan fingerprint density at radius 2 is 2.14 bits per heavy atom. The Bertz CT molecular complexity index is 597. The molecule has 1 aromatic carbocycles. The number of hydrogen-bond acceptors (Lipinski definition) is 4. The molecule has 2 heterocycles. The van der Waals surface area contributed by atoms with Crippen LogP contribution in [0.4, 0.5) is 4.39 Å². The molecular formula is C16H19FN2O2. The molecule has 2 unspecified atom stereocenters. The number of rotatable bonds is 3. The van der Waals surface area contributed by atoms with E-state index in [2.05, 4.69) is 16.8 Å². The maximum Gasteiger partial charge on any atom is 0.209 e. The number of piperidine rings is 1. The zero-order valence-electron chi connectivity index (χ0n) is 12.0. The number of aliphatic hydroxyl groups excluding tert-OH is 1.